The van der Waals surface area contributed by atoms with Gasteiger partial charge in [0.2, 0.25) is 0 Å². The lowest BCUT2D eigenvalue weighted by Crippen LogP contribution is -2.35. The fourth-order valence-electron chi connectivity index (χ4n) is 2.84. The van der Waals surface area contributed by atoms with E-state index < -0.39 is 23.3 Å². The Balaban J connectivity index is 1.56. The van der Waals surface area contributed by atoms with E-state index in [1.54, 1.807) is 12.1 Å². The number of halogens is 2. The highest BCUT2D eigenvalue weighted by Gasteiger charge is 2.17. The van der Waals surface area contributed by atoms with Gasteiger partial charge in [0, 0.05) is 25.2 Å². The Morgan fingerprint density at radius 1 is 1.23 bits per heavy atom. The van der Waals surface area contributed by atoms with Crippen LogP contribution in [0, 0.1) is 10.1 Å². The van der Waals surface area contributed by atoms with Crippen molar-refractivity contribution in [3.05, 3.63) is 52.0 Å². The van der Waals surface area contributed by atoms with Gasteiger partial charge < -0.3 is 24.5 Å². The van der Waals surface area contributed by atoms with Gasteiger partial charge in [0.05, 0.1) is 36.9 Å². The Bertz CT molecular complexity index is 885. The largest absolute Gasteiger partial charge is 0.463 e. The van der Waals surface area contributed by atoms with Crippen molar-refractivity contribution in [2.75, 3.05) is 31.6 Å². The van der Waals surface area contributed by atoms with Crippen LogP contribution in [-0.4, -0.2) is 48.8 Å². The number of urea groups is 1. The van der Waals surface area contributed by atoms with Gasteiger partial charge in [0.1, 0.15) is 17.3 Å². The summed E-state index contributed by atoms with van der Waals surface area (Å²) in [6, 6.07) is 5.68. The van der Waals surface area contributed by atoms with E-state index >= 15 is 0 Å². The van der Waals surface area contributed by atoms with E-state index in [9.17, 15) is 23.7 Å². The number of benzene rings is 1. The number of amides is 2. The molecule has 2 heterocycles. The lowest BCUT2D eigenvalue weighted by molar-refractivity contribution is -0.384. The number of non-ortho nitro benzene ring substituents is 1. The molecule has 1 aliphatic heterocycles. The van der Waals surface area contributed by atoms with Crippen LogP contribution in [0.4, 0.5) is 25.0 Å². The summed E-state index contributed by atoms with van der Waals surface area (Å²) in [7, 11) is 0. The van der Waals surface area contributed by atoms with Crippen molar-refractivity contribution in [1.82, 2.24) is 10.2 Å². The summed E-state index contributed by atoms with van der Waals surface area (Å²) in [6.07, 6.45) is 0. The number of furan rings is 1. The van der Waals surface area contributed by atoms with E-state index in [4.69, 9.17) is 9.15 Å². The molecule has 1 fully saturated rings. The quantitative estimate of drug-likeness (QED) is 0.492. The highest BCUT2D eigenvalue weighted by atomic mass is 19.3. The van der Waals surface area contributed by atoms with E-state index in [0.717, 1.165) is 37.0 Å². The normalized spacial score (nSPS) is 14.5. The average molecular weight is 426 g/mol. The summed E-state index contributed by atoms with van der Waals surface area (Å²) >= 11 is 0. The second-order valence-corrected chi connectivity index (χ2v) is 6.38. The number of nitrogens with zero attached hydrogens (tertiary/aromatic N) is 2. The first-order valence-electron chi connectivity index (χ1n) is 9.06. The molecular weight excluding hydrogens is 406 g/mol. The predicted octanol–water partition coefficient (Wildman–Crippen LogP) is 2.94. The van der Waals surface area contributed by atoms with E-state index in [1.165, 1.54) is 0 Å². The monoisotopic (exact) mass is 426 g/mol. The molecule has 0 aliphatic carbocycles. The van der Waals surface area contributed by atoms with Crippen molar-refractivity contribution in [3.8, 4) is 5.75 Å². The molecule has 2 amide bonds. The van der Waals surface area contributed by atoms with Gasteiger partial charge >= 0.3 is 12.6 Å². The number of hydrogen-bond acceptors (Lipinski definition) is 7. The van der Waals surface area contributed by atoms with Crippen LogP contribution in [0.1, 0.15) is 11.5 Å². The topological polar surface area (TPSA) is 119 Å². The Morgan fingerprint density at radius 3 is 2.67 bits per heavy atom. The number of carbonyl (C=O) groups is 1. The van der Waals surface area contributed by atoms with Crippen LogP contribution < -0.4 is 15.4 Å². The molecule has 1 aliphatic rings. The number of nitro benzene ring substituents is 1. The first-order chi connectivity index (χ1) is 14.4. The molecule has 1 aromatic heterocycles. The summed E-state index contributed by atoms with van der Waals surface area (Å²) in [5, 5.41) is 15.7. The zero-order chi connectivity index (χ0) is 21.5. The summed E-state index contributed by atoms with van der Waals surface area (Å²) < 4.78 is 40.3. The molecule has 0 saturated carbocycles. The number of alkyl halides is 2. The molecule has 10 nitrogen and oxygen atoms in total. The maximum Gasteiger partial charge on any atom is 0.387 e. The first kappa shape index (κ1) is 21.5. The second-order valence-electron chi connectivity index (χ2n) is 6.38. The van der Waals surface area contributed by atoms with Crippen molar-refractivity contribution >= 4 is 17.4 Å². The van der Waals surface area contributed by atoms with Crippen LogP contribution in [0.2, 0.25) is 0 Å². The van der Waals surface area contributed by atoms with E-state index in [0.29, 0.717) is 25.5 Å². The standard InChI is InChI=1S/C18H20F2N4O6/c19-17(20)30-16-4-1-12(24(26)27)9-15(16)22-18(25)21-10-13-2-3-14(29-13)11-23-5-7-28-8-6-23/h1-4,9,17H,5-8,10-11H2,(H2,21,22,25). The molecule has 0 spiro atoms. The number of carbonyl (C=O) groups excluding carboxylic acids is 1. The third-order valence-electron chi connectivity index (χ3n) is 4.26. The zero-order valence-corrected chi connectivity index (χ0v) is 15.8. The summed E-state index contributed by atoms with van der Waals surface area (Å²) in [5.74, 6) is 0.841. The number of rotatable bonds is 8. The molecule has 12 heteroatoms. The average Bonchev–Trinajstić information content (AvgIpc) is 3.15. The third-order valence-corrected chi connectivity index (χ3v) is 4.26. The maximum absolute atomic E-state index is 12.5. The van der Waals surface area contributed by atoms with Gasteiger partial charge in [0.25, 0.3) is 5.69 Å². The molecule has 30 heavy (non-hydrogen) atoms. The van der Waals surface area contributed by atoms with Crippen LogP contribution in [0.5, 0.6) is 5.75 Å². The smallest absolute Gasteiger partial charge is 0.387 e. The van der Waals surface area contributed by atoms with Gasteiger partial charge in [-0.2, -0.15) is 8.78 Å². The van der Waals surface area contributed by atoms with Gasteiger partial charge in [-0.15, -0.1) is 0 Å². The minimum Gasteiger partial charge on any atom is -0.463 e. The molecule has 0 bridgehead atoms. The SMILES string of the molecule is O=C(NCc1ccc(CN2CCOCC2)o1)Nc1cc([N+](=O)[O-])ccc1OC(F)F. The molecule has 0 atom stereocenters. The maximum atomic E-state index is 12.5. The van der Waals surface area contributed by atoms with Crippen LogP contribution in [0.25, 0.3) is 0 Å². The molecule has 0 radical (unpaired) electrons. The number of anilines is 1. The Morgan fingerprint density at radius 2 is 1.97 bits per heavy atom. The highest BCUT2D eigenvalue weighted by molar-refractivity contribution is 5.91. The van der Waals surface area contributed by atoms with Gasteiger partial charge in [-0.25, -0.2) is 4.79 Å². The predicted molar refractivity (Wildman–Crippen MR) is 100 cm³/mol. The van der Waals surface area contributed by atoms with Crippen molar-refractivity contribution in [2.45, 2.75) is 19.7 Å². The van der Waals surface area contributed by atoms with Crippen molar-refractivity contribution in [1.29, 1.82) is 0 Å². The Labute approximate surface area is 169 Å². The van der Waals surface area contributed by atoms with E-state index in [1.807, 2.05) is 0 Å². The number of nitrogens with one attached hydrogen (secondary N) is 2. The second kappa shape index (κ2) is 9.98. The number of hydrogen-bond donors (Lipinski definition) is 2. The van der Waals surface area contributed by atoms with Crippen molar-refractivity contribution in [3.63, 3.8) is 0 Å². The summed E-state index contributed by atoms with van der Waals surface area (Å²) in [6.45, 7) is 0.468. The van der Waals surface area contributed by atoms with Gasteiger partial charge in [0.15, 0.2) is 0 Å². The summed E-state index contributed by atoms with van der Waals surface area (Å²) in [5.41, 5.74) is -0.639. The van der Waals surface area contributed by atoms with Gasteiger partial charge in [-0.3, -0.25) is 15.0 Å². The van der Waals surface area contributed by atoms with Crippen molar-refractivity contribution < 1.29 is 32.4 Å². The molecule has 3 rings (SSSR count). The van der Waals surface area contributed by atoms with Gasteiger partial charge in [-0.1, -0.05) is 0 Å². The van der Waals surface area contributed by atoms with E-state index in [-0.39, 0.29) is 17.9 Å². The Kier molecular flexibility index (Phi) is 7.14. The summed E-state index contributed by atoms with van der Waals surface area (Å²) in [4.78, 5) is 24.5. The van der Waals surface area contributed by atoms with Crippen LogP contribution in [-0.2, 0) is 17.8 Å². The minimum absolute atomic E-state index is 0.0366. The van der Waals surface area contributed by atoms with Gasteiger partial charge in [-0.05, 0) is 18.2 Å². The zero-order valence-electron chi connectivity index (χ0n) is 15.8. The van der Waals surface area contributed by atoms with Crippen molar-refractivity contribution in [2.24, 2.45) is 0 Å². The molecule has 162 valence electrons. The lowest BCUT2D eigenvalue weighted by atomic mass is 10.2. The highest BCUT2D eigenvalue weighted by Crippen LogP contribution is 2.30. The molecule has 0 unspecified atom stereocenters. The number of morpholine rings is 1. The van der Waals surface area contributed by atoms with Crippen LogP contribution in [0.15, 0.2) is 34.7 Å². The molecule has 2 aromatic rings. The fraction of sp³-hybridized carbons (Fsp3) is 0.389. The molecule has 2 N–H and O–H groups in total. The van der Waals surface area contributed by atoms with E-state index in [2.05, 4.69) is 20.3 Å². The number of nitro groups is 1. The first-order valence-corrected chi connectivity index (χ1v) is 9.06. The lowest BCUT2D eigenvalue weighted by Gasteiger charge is -2.25. The Hall–Kier alpha value is -3.25. The molecule has 1 saturated heterocycles. The molecular formula is C18H20F2N4O6. The fourth-order valence-corrected chi connectivity index (χ4v) is 2.84. The minimum atomic E-state index is -3.15. The van der Waals surface area contributed by atoms with Crippen LogP contribution >= 0.6 is 0 Å². The molecule has 1 aromatic carbocycles. The number of ether oxygens (including phenoxy) is 2. The van der Waals surface area contributed by atoms with Crippen LogP contribution in [0.3, 0.4) is 0 Å². The third kappa shape index (κ3) is 6.12.